The van der Waals surface area contributed by atoms with Gasteiger partial charge in [0.05, 0.1) is 31.6 Å². The standard InChI is InChI=1S/C20H10N2O6S/c23-9-1-3-13-11(7-9)19(25)27-17(21-13)15-5-6-16(29-15)18-22-14-4-2-10(24)8-12(14)20(26)28-18/h1-8,23-24H. The number of benzene rings is 2. The van der Waals surface area contributed by atoms with Crippen molar-refractivity contribution in [2.75, 3.05) is 0 Å². The Morgan fingerprint density at radius 1 is 0.690 bits per heavy atom. The maximum absolute atomic E-state index is 12.2. The van der Waals surface area contributed by atoms with Crippen molar-refractivity contribution in [3.63, 3.8) is 0 Å². The van der Waals surface area contributed by atoms with E-state index in [4.69, 9.17) is 8.83 Å². The first-order chi connectivity index (χ1) is 14.0. The van der Waals surface area contributed by atoms with Crippen molar-refractivity contribution in [3.8, 4) is 33.0 Å². The van der Waals surface area contributed by atoms with Crippen molar-refractivity contribution in [2.45, 2.75) is 0 Å². The maximum Gasteiger partial charge on any atom is 0.347 e. The smallest absolute Gasteiger partial charge is 0.347 e. The second kappa shape index (κ2) is 6.28. The van der Waals surface area contributed by atoms with Gasteiger partial charge in [0.15, 0.2) is 0 Å². The van der Waals surface area contributed by atoms with Gasteiger partial charge in [-0.05, 0) is 48.5 Å². The third-order valence-corrected chi connectivity index (χ3v) is 5.31. The molecule has 8 nitrogen and oxygen atoms in total. The summed E-state index contributed by atoms with van der Waals surface area (Å²) in [6.45, 7) is 0. The lowest BCUT2D eigenvalue weighted by molar-refractivity contribution is 0.474. The summed E-state index contributed by atoms with van der Waals surface area (Å²) in [5.74, 6) is 0.113. The van der Waals surface area contributed by atoms with Crippen LogP contribution in [0.25, 0.3) is 43.3 Å². The normalized spacial score (nSPS) is 11.3. The lowest BCUT2D eigenvalue weighted by Gasteiger charge is -2.00. The van der Waals surface area contributed by atoms with Crippen molar-refractivity contribution in [2.24, 2.45) is 0 Å². The van der Waals surface area contributed by atoms with Crippen LogP contribution in [0, 0.1) is 0 Å². The number of rotatable bonds is 2. The first-order valence-electron chi connectivity index (χ1n) is 8.36. The van der Waals surface area contributed by atoms with Gasteiger partial charge in [-0.2, -0.15) is 0 Å². The number of hydrogen-bond donors (Lipinski definition) is 2. The van der Waals surface area contributed by atoms with E-state index in [1.807, 2.05) is 0 Å². The lowest BCUT2D eigenvalue weighted by atomic mass is 10.2. The summed E-state index contributed by atoms with van der Waals surface area (Å²) in [4.78, 5) is 34.2. The zero-order chi connectivity index (χ0) is 20.1. The largest absolute Gasteiger partial charge is 0.508 e. The maximum atomic E-state index is 12.2. The number of phenolic OH excluding ortho intramolecular Hbond substituents is 2. The van der Waals surface area contributed by atoms with E-state index >= 15 is 0 Å². The molecular formula is C20H10N2O6S. The van der Waals surface area contributed by atoms with Crippen LogP contribution >= 0.6 is 11.3 Å². The van der Waals surface area contributed by atoms with Crippen LogP contribution < -0.4 is 11.3 Å². The Kier molecular flexibility index (Phi) is 3.71. The minimum Gasteiger partial charge on any atom is -0.508 e. The molecule has 0 bridgehead atoms. The summed E-state index contributed by atoms with van der Waals surface area (Å²) >= 11 is 1.19. The molecule has 29 heavy (non-hydrogen) atoms. The molecule has 0 spiro atoms. The first-order valence-corrected chi connectivity index (χ1v) is 9.18. The molecule has 2 aromatic carbocycles. The molecule has 142 valence electrons. The SMILES string of the molecule is O=c1oc(-c2ccc(-c3nc4ccc(O)cc4c(=O)o3)s2)nc2ccc(O)cc12. The highest BCUT2D eigenvalue weighted by Gasteiger charge is 2.15. The summed E-state index contributed by atoms with van der Waals surface area (Å²) in [5.41, 5.74) is -0.463. The topological polar surface area (TPSA) is 127 Å². The third-order valence-electron chi connectivity index (χ3n) is 4.25. The van der Waals surface area contributed by atoms with Crippen LogP contribution in [-0.2, 0) is 0 Å². The van der Waals surface area contributed by atoms with Crippen LogP contribution in [0.2, 0.25) is 0 Å². The highest BCUT2D eigenvalue weighted by molar-refractivity contribution is 7.18. The summed E-state index contributed by atoms with van der Waals surface area (Å²) in [6.07, 6.45) is 0. The fourth-order valence-corrected chi connectivity index (χ4v) is 3.76. The summed E-state index contributed by atoms with van der Waals surface area (Å²) < 4.78 is 10.6. The predicted octanol–water partition coefficient (Wildman–Crippen LogP) is 3.50. The third kappa shape index (κ3) is 2.93. The number of aromatic nitrogens is 2. The van der Waals surface area contributed by atoms with E-state index in [0.717, 1.165) is 0 Å². The predicted molar refractivity (Wildman–Crippen MR) is 106 cm³/mol. The van der Waals surface area contributed by atoms with E-state index in [1.165, 1.54) is 47.7 Å². The van der Waals surface area contributed by atoms with Gasteiger partial charge in [-0.25, -0.2) is 19.6 Å². The van der Waals surface area contributed by atoms with Gasteiger partial charge in [0.1, 0.15) is 11.5 Å². The van der Waals surface area contributed by atoms with Crippen LogP contribution in [0.3, 0.4) is 0 Å². The lowest BCUT2D eigenvalue weighted by Crippen LogP contribution is -2.02. The van der Waals surface area contributed by atoms with E-state index in [-0.39, 0.29) is 34.1 Å². The monoisotopic (exact) mass is 406 g/mol. The first kappa shape index (κ1) is 17.1. The molecule has 0 atom stereocenters. The Labute approximate surface area is 165 Å². The molecule has 5 aromatic rings. The van der Waals surface area contributed by atoms with Crippen LogP contribution in [-0.4, -0.2) is 20.2 Å². The van der Waals surface area contributed by atoms with Crippen LogP contribution in [0.5, 0.6) is 11.5 Å². The molecule has 0 aliphatic rings. The summed E-state index contributed by atoms with van der Waals surface area (Å²) in [6, 6.07) is 11.9. The van der Waals surface area contributed by atoms with E-state index < -0.39 is 11.3 Å². The van der Waals surface area contributed by atoms with Gasteiger partial charge in [0.25, 0.3) is 0 Å². The molecule has 0 unspecified atom stereocenters. The summed E-state index contributed by atoms with van der Waals surface area (Å²) in [5, 5.41) is 19.4. The second-order valence-corrected chi connectivity index (χ2v) is 7.26. The molecule has 3 heterocycles. The van der Waals surface area contributed by atoms with E-state index in [0.29, 0.717) is 20.8 Å². The van der Waals surface area contributed by atoms with Gasteiger partial charge in [0, 0.05) is 0 Å². The zero-order valence-electron chi connectivity index (χ0n) is 14.4. The Morgan fingerprint density at radius 3 is 1.59 bits per heavy atom. The molecule has 3 aromatic heterocycles. The van der Waals surface area contributed by atoms with Gasteiger partial charge < -0.3 is 19.0 Å². The average Bonchev–Trinajstić information content (AvgIpc) is 3.19. The van der Waals surface area contributed by atoms with Crippen molar-refractivity contribution < 1.29 is 19.0 Å². The van der Waals surface area contributed by atoms with Gasteiger partial charge >= 0.3 is 11.3 Å². The Morgan fingerprint density at radius 2 is 1.14 bits per heavy atom. The van der Waals surface area contributed by atoms with Crippen molar-refractivity contribution in [1.82, 2.24) is 9.97 Å². The van der Waals surface area contributed by atoms with Crippen LogP contribution in [0.15, 0.2) is 67.0 Å². The highest BCUT2D eigenvalue weighted by Crippen LogP contribution is 2.33. The van der Waals surface area contributed by atoms with Crippen molar-refractivity contribution in [3.05, 3.63) is 69.4 Å². The molecular weight excluding hydrogens is 396 g/mol. The number of nitrogens with zero attached hydrogens (tertiary/aromatic N) is 2. The van der Waals surface area contributed by atoms with E-state index in [1.54, 1.807) is 12.1 Å². The van der Waals surface area contributed by atoms with E-state index in [2.05, 4.69) is 9.97 Å². The quantitative estimate of drug-likeness (QED) is 0.456. The number of thiophene rings is 1. The molecule has 0 amide bonds. The van der Waals surface area contributed by atoms with Crippen molar-refractivity contribution >= 4 is 33.1 Å². The molecule has 0 aliphatic carbocycles. The average molecular weight is 406 g/mol. The zero-order valence-corrected chi connectivity index (χ0v) is 15.3. The highest BCUT2D eigenvalue weighted by atomic mass is 32.1. The van der Waals surface area contributed by atoms with Gasteiger partial charge in [-0.3, -0.25) is 0 Å². The summed E-state index contributed by atoms with van der Waals surface area (Å²) in [7, 11) is 0. The minimum absolute atomic E-state index is 0.0523. The second-order valence-electron chi connectivity index (χ2n) is 6.18. The number of fused-ring (bicyclic) bond motifs is 2. The number of hydrogen-bond acceptors (Lipinski definition) is 9. The van der Waals surface area contributed by atoms with Crippen LogP contribution in [0.1, 0.15) is 0 Å². The Bertz CT molecular complexity index is 1420. The molecule has 0 saturated carbocycles. The molecule has 0 saturated heterocycles. The minimum atomic E-state index is -0.619. The molecule has 9 heteroatoms. The van der Waals surface area contributed by atoms with Gasteiger partial charge in [0.2, 0.25) is 11.8 Å². The fourth-order valence-electron chi connectivity index (χ4n) is 2.90. The Balaban J connectivity index is 1.61. The molecule has 2 N–H and O–H groups in total. The molecule has 5 rings (SSSR count). The molecule has 0 aliphatic heterocycles. The van der Waals surface area contributed by atoms with Gasteiger partial charge in [-0.1, -0.05) is 0 Å². The van der Waals surface area contributed by atoms with Gasteiger partial charge in [-0.15, -0.1) is 11.3 Å². The number of phenols is 2. The number of aromatic hydroxyl groups is 2. The fraction of sp³-hybridized carbons (Fsp3) is 0. The van der Waals surface area contributed by atoms with Crippen molar-refractivity contribution in [1.29, 1.82) is 0 Å². The van der Waals surface area contributed by atoms with Crippen LogP contribution in [0.4, 0.5) is 0 Å². The van der Waals surface area contributed by atoms with E-state index in [9.17, 15) is 19.8 Å². The Hall–Kier alpha value is -3.98. The molecule has 0 radical (unpaired) electrons. The molecule has 0 fully saturated rings.